The Morgan fingerprint density at radius 3 is 2.87 bits per heavy atom. The number of ketones is 1. The van der Waals surface area contributed by atoms with Crippen molar-refractivity contribution in [3.05, 3.63) is 28.2 Å². The third-order valence-electron chi connectivity index (χ3n) is 2.89. The van der Waals surface area contributed by atoms with E-state index in [1.165, 1.54) is 0 Å². The van der Waals surface area contributed by atoms with E-state index >= 15 is 0 Å². The molecule has 1 aromatic rings. The minimum absolute atomic E-state index is 0.0643. The van der Waals surface area contributed by atoms with Gasteiger partial charge in [-0.15, -0.1) is 0 Å². The third-order valence-corrected chi connectivity index (χ3v) is 3.74. The molecule has 3 heteroatoms. The van der Waals surface area contributed by atoms with Gasteiger partial charge in [-0.25, -0.2) is 0 Å². The van der Waals surface area contributed by atoms with Gasteiger partial charge in [0.2, 0.25) is 0 Å². The number of Topliss-reactive ketones (excluding diaryl/α,β-unsaturated/α-hetero) is 1. The summed E-state index contributed by atoms with van der Waals surface area (Å²) in [4.78, 5) is 11.7. The number of rotatable bonds is 2. The lowest BCUT2D eigenvalue weighted by molar-refractivity contribution is -0.118. The van der Waals surface area contributed by atoms with Gasteiger partial charge in [0.1, 0.15) is 11.5 Å². The molecule has 0 spiro atoms. The summed E-state index contributed by atoms with van der Waals surface area (Å²) in [5.74, 6) is 1.21. The summed E-state index contributed by atoms with van der Waals surface area (Å²) in [5.41, 5.74) is 1.07. The van der Waals surface area contributed by atoms with E-state index in [2.05, 4.69) is 15.9 Å². The molecule has 1 aliphatic rings. The van der Waals surface area contributed by atoms with Gasteiger partial charge in [0, 0.05) is 12.3 Å². The first-order valence-corrected chi connectivity index (χ1v) is 5.88. The van der Waals surface area contributed by atoms with Gasteiger partial charge in [0.05, 0.1) is 11.6 Å². The van der Waals surface area contributed by atoms with Crippen LogP contribution < -0.4 is 4.74 Å². The molecule has 1 aliphatic carbocycles. The zero-order chi connectivity index (χ0) is 10.8. The number of hydrogen-bond donors (Lipinski definition) is 0. The Kier molecular flexibility index (Phi) is 3.10. The van der Waals surface area contributed by atoms with Gasteiger partial charge in [-0.3, -0.25) is 4.79 Å². The van der Waals surface area contributed by atoms with Crippen LogP contribution in [0.2, 0.25) is 0 Å². The van der Waals surface area contributed by atoms with E-state index in [1.807, 2.05) is 18.2 Å². The highest BCUT2D eigenvalue weighted by Crippen LogP contribution is 2.39. The van der Waals surface area contributed by atoms with Gasteiger partial charge in [-0.1, -0.05) is 12.1 Å². The van der Waals surface area contributed by atoms with Crippen molar-refractivity contribution in [3.63, 3.8) is 0 Å². The molecule has 0 bridgehead atoms. The molecule has 1 aromatic carbocycles. The van der Waals surface area contributed by atoms with Gasteiger partial charge >= 0.3 is 0 Å². The molecule has 15 heavy (non-hydrogen) atoms. The van der Waals surface area contributed by atoms with E-state index in [1.54, 1.807) is 7.11 Å². The fraction of sp³-hybridized carbons (Fsp3) is 0.417. The number of hydrogen-bond acceptors (Lipinski definition) is 2. The van der Waals surface area contributed by atoms with Crippen LogP contribution in [0.1, 0.15) is 30.7 Å². The molecular weight excluding hydrogens is 256 g/mol. The van der Waals surface area contributed by atoms with Gasteiger partial charge in [-0.2, -0.15) is 0 Å². The molecule has 1 saturated carbocycles. The minimum Gasteiger partial charge on any atom is -0.496 e. The molecule has 0 amide bonds. The first-order valence-electron chi connectivity index (χ1n) is 5.09. The maximum atomic E-state index is 11.7. The highest BCUT2D eigenvalue weighted by atomic mass is 79.9. The van der Waals surface area contributed by atoms with Gasteiger partial charge in [0.25, 0.3) is 0 Å². The molecule has 0 radical (unpaired) electrons. The average Bonchev–Trinajstić information content (AvgIpc) is 2.65. The Morgan fingerprint density at radius 1 is 1.47 bits per heavy atom. The SMILES string of the molecule is COc1cccc(C2CCCC2=O)c1Br. The van der Waals surface area contributed by atoms with Gasteiger partial charge < -0.3 is 4.74 Å². The summed E-state index contributed by atoms with van der Waals surface area (Å²) < 4.78 is 6.15. The molecule has 0 aromatic heterocycles. The highest BCUT2D eigenvalue weighted by Gasteiger charge is 2.28. The van der Waals surface area contributed by atoms with Crippen LogP contribution in [0.15, 0.2) is 22.7 Å². The van der Waals surface area contributed by atoms with Crippen LogP contribution in [-0.2, 0) is 4.79 Å². The lowest BCUT2D eigenvalue weighted by atomic mass is 9.97. The number of carbonyl (C=O) groups is 1. The molecule has 2 rings (SSSR count). The van der Waals surface area contributed by atoms with Crippen molar-refractivity contribution in [3.8, 4) is 5.75 Å². The smallest absolute Gasteiger partial charge is 0.140 e. The monoisotopic (exact) mass is 268 g/mol. The number of halogens is 1. The molecule has 2 nitrogen and oxygen atoms in total. The molecule has 0 saturated heterocycles. The lowest BCUT2D eigenvalue weighted by Gasteiger charge is -2.13. The predicted octanol–water partition coefficient (Wildman–Crippen LogP) is 3.29. The van der Waals surface area contributed by atoms with Crippen LogP contribution >= 0.6 is 15.9 Å². The van der Waals surface area contributed by atoms with E-state index in [0.29, 0.717) is 12.2 Å². The van der Waals surface area contributed by atoms with Gasteiger partial charge in [-0.05, 0) is 40.4 Å². The van der Waals surface area contributed by atoms with Crippen molar-refractivity contribution in [1.82, 2.24) is 0 Å². The van der Waals surface area contributed by atoms with Crippen LogP contribution in [0, 0.1) is 0 Å². The van der Waals surface area contributed by atoms with Crippen LogP contribution in [0.5, 0.6) is 5.75 Å². The first kappa shape index (κ1) is 10.7. The zero-order valence-corrected chi connectivity index (χ0v) is 10.2. The second-order valence-corrected chi connectivity index (χ2v) is 4.57. The number of ether oxygens (including phenoxy) is 1. The summed E-state index contributed by atoms with van der Waals surface area (Å²) >= 11 is 3.50. The number of carbonyl (C=O) groups excluding carboxylic acids is 1. The molecule has 1 atom stereocenters. The highest BCUT2D eigenvalue weighted by molar-refractivity contribution is 9.10. The van der Waals surface area contributed by atoms with Crippen LogP contribution in [0.25, 0.3) is 0 Å². The Morgan fingerprint density at radius 2 is 2.27 bits per heavy atom. The van der Waals surface area contributed by atoms with E-state index in [0.717, 1.165) is 28.6 Å². The quantitative estimate of drug-likeness (QED) is 0.823. The topological polar surface area (TPSA) is 26.3 Å². The number of benzene rings is 1. The van der Waals surface area contributed by atoms with Crippen LogP contribution in [-0.4, -0.2) is 12.9 Å². The fourth-order valence-corrected chi connectivity index (χ4v) is 2.80. The van der Waals surface area contributed by atoms with E-state index < -0.39 is 0 Å². The summed E-state index contributed by atoms with van der Waals surface area (Å²) in [7, 11) is 1.64. The van der Waals surface area contributed by atoms with E-state index in [9.17, 15) is 4.79 Å². The zero-order valence-electron chi connectivity index (χ0n) is 8.63. The van der Waals surface area contributed by atoms with Crippen molar-refractivity contribution >= 4 is 21.7 Å². The predicted molar refractivity (Wildman–Crippen MR) is 62.3 cm³/mol. The van der Waals surface area contributed by atoms with E-state index in [-0.39, 0.29) is 5.92 Å². The number of methoxy groups -OCH3 is 1. The van der Waals surface area contributed by atoms with Crippen LogP contribution in [0.3, 0.4) is 0 Å². The maximum Gasteiger partial charge on any atom is 0.140 e. The summed E-state index contributed by atoms with van der Waals surface area (Å²) in [6.07, 6.45) is 2.69. The standard InChI is InChI=1S/C12H13BrO2/c1-15-11-7-3-5-9(12(11)13)8-4-2-6-10(8)14/h3,5,7-8H,2,4,6H2,1H3. The fourth-order valence-electron chi connectivity index (χ4n) is 2.10. The Bertz CT molecular complexity index is 387. The van der Waals surface area contributed by atoms with E-state index in [4.69, 9.17) is 4.74 Å². The van der Waals surface area contributed by atoms with Crippen molar-refractivity contribution in [1.29, 1.82) is 0 Å². The average molecular weight is 269 g/mol. The normalized spacial score (nSPS) is 20.7. The molecule has 1 fully saturated rings. The molecule has 0 aliphatic heterocycles. The molecule has 0 heterocycles. The maximum absolute atomic E-state index is 11.7. The summed E-state index contributed by atoms with van der Waals surface area (Å²) in [6.45, 7) is 0. The molecular formula is C12H13BrO2. The first-order chi connectivity index (χ1) is 7.24. The van der Waals surface area contributed by atoms with Crippen molar-refractivity contribution < 1.29 is 9.53 Å². The minimum atomic E-state index is 0.0643. The molecule has 80 valence electrons. The summed E-state index contributed by atoms with van der Waals surface area (Å²) in [5, 5.41) is 0. The van der Waals surface area contributed by atoms with Crippen molar-refractivity contribution in [2.45, 2.75) is 25.2 Å². The molecule has 0 N–H and O–H groups in total. The van der Waals surface area contributed by atoms with Crippen molar-refractivity contribution in [2.24, 2.45) is 0 Å². The Hall–Kier alpha value is -0.830. The largest absolute Gasteiger partial charge is 0.496 e. The Balaban J connectivity index is 2.39. The summed E-state index contributed by atoms with van der Waals surface area (Å²) in [6, 6.07) is 5.83. The molecule has 1 unspecified atom stereocenters. The second kappa shape index (κ2) is 4.35. The van der Waals surface area contributed by atoms with Gasteiger partial charge in [0.15, 0.2) is 0 Å². The third kappa shape index (κ3) is 1.93. The van der Waals surface area contributed by atoms with Crippen molar-refractivity contribution in [2.75, 3.05) is 7.11 Å². The lowest BCUT2D eigenvalue weighted by Crippen LogP contribution is -2.05. The second-order valence-electron chi connectivity index (χ2n) is 3.77. The Labute approximate surface area is 97.8 Å². The van der Waals surface area contributed by atoms with Crippen LogP contribution in [0.4, 0.5) is 0 Å².